The number of nitrogens with one attached hydrogen (secondary N) is 1. The Morgan fingerprint density at radius 3 is 2.35 bits per heavy atom. The van der Waals surface area contributed by atoms with E-state index in [9.17, 15) is 4.79 Å². The van der Waals surface area contributed by atoms with Crippen LogP contribution in [0.1, 0.15) is 34.6 Å². The number of allylic oxidation sites excluding steroid dienone is 5. The van der Waals surface area contributed by atoms with Crippen molar-refractivity contribution in [3.05, 3.63) is 71.1 Å². The SMILES string of the molecule is CSc1ccccc1N[C@H](C)C(/C=C(C)\C=C\C=O)=C(C)\C=C(/N(C)C)N1CCN(C2COC(C)(C)OC2)CC1. The minimum absolute atomic E-state index is 0.0555. The molecule has 2 heterocycles. The van der Waals surface area contributed by atoms with E-state index in [1.165, 1.54) is 21.9 Å². The Morgan fingerprint density at radius 1 is 1.10 bits per heavy atom. The molecule has 0 unspecified atom stereocenters. The molecule has 2 fully saturated rings. The number of rotatable bonds is 11. The molecule has 0 amide bonds. The number of aldehydes is 1. The minimum atomic E-state index is -0.486. The van der Waals surface area contributed by atoms with Gasteiger partial charge in [0.2, 0.25) is 0 Å². The van der Waals surface area contributed by atoms with Crippen LogP contribution in [0.5, 0.6) is 0 Å². The van der Waals surface area contributed by atoms with Crippen molar-refractivity contribution in [2.24, 2.45) is 0 Å². The highest BCUT2D eigenvalue weighted by Crippen LogP contribution is 2.28. The van der Waals surface area contributed by atoms with Crippen molar-refractivity contribution < 1.29 is 14.3 Å². The topological polar surface area (TPSA) is 57.3 Å². The number of anilines is 1. The van der Waals surface area contributed by atoms with Crippen LogP contribution in [0.25, 0.3) is 0 Å². The molecular formula is C32H48N4O3S. The lowest BCUT2D eigenvalue weighted by molar-refractivity contribution is -0.264. The summed E-state index contributed by atoms with van der Waals surface area (Å²) in [6.07, 6.45) is 10.8. The lowest BCUT2D eigenvalue weighted by Gasteiger charge is -2.45. The lowest BCUT2D eigenvalue weighted by atomic mass is 9.98. The fourth-order valence-electron chi connectivity index (χ4n) is 5.13. The molecule has 0 spiro atoms. The van der Waals surface area contributed by atoms with Gasteiger partial charge in [0.25, 0.3) is 0 Å². The van der Waals surface area contributed by atoms with Crippen molar-refractivity contribution in [2.45, 2.75) is 57.4 Å². The van der Waals surface area contributed by atoms with Crippen LogP contribution in [-0.2, 0) is 14.3 Å². The Bertz CT molecular complexity index is 1110. The first kappa shape index (κ1) is 32.0. The second-order valence-corrected chi connectivity index (χ2v) is 12.0. The summed E-state index contributed by atoms with van der Waals surface area (Å²) in [5.41, 5.74) is 4.51. The highest BCUT2D eigenvalue weighted by molar-refractivity contribution is 7.98. The Balaban J connectivity index is 1.85. The molecule has 0 radical (unpaired) electrons. The van der Waals surface area contributed by atoms with Crippen molar-refractivity contribution in [3.63, 3.8) is 0 Å². The number of carbonyl (C=O) groups excluding carboxylic acids is 1. The maximum absolute atomic E-state index is 10.9. The summed E-state index contributed by atoms with van der Waals surface area (Å²) in [4.78, 5) is 19.3. The summed E-state index contributed by atoms with van der Waals surface area (Å²) in [6.45, 7) is 15.6. The first-order chi connectivity index (χ1) is 19.0. The van der Waals surface area contributed by atoms with E-state index in [2.05, 4.69) is 90.6 Å². The summed E-state index contributed by atoms with van der Waals surface area (Å²) in [5.74, 6) is 0.707. The zero-order chi connectivity index (χ0) is 29.3. The van der Waals surface area contributed by atoms with Crippen LogP contribution < -0.4 is 5.32 Å². The number of benzene rings is 1. The number of carbonyl (C=O) groups is 1. The number of nitrogens with zero attached hydrogens (tertiary/aromatic N) is 3. The van der Waals surface area contributed by atoms with Gasteiger partial charge in [0.1, 0.15) is 12.1 Å². The number of piperazine rings is 1. The van der Waals surface area contributed by atoms with E-state index < -0.39 is 5.79 Å². The molecule has 2 aliphatic rings. The molecule has 1 aromatic carbocycles. The maximum atomic E-state index is 10.9. The van der Waals surface area contributed by atoms with Gasteiger partial charge < -0.3 is 24.6 Å². The molecule has 0 bridgehead atoms. The third-order valence-corrected chi connectivity index (χ3v) is 8.22. The smallest absolute Gasteiger partial charge is 0.162 e. The predicted octanol–water partition coefficient (Wildman–Crippen LogP) is 5.40. The molecule has 1 N–H and O–H groups in total. The van der Waals surface area contributed by atoms with E-state index in [-0.39, 0.29) is 6.04 Å². The van der Waals surface area contributed by atoms with Gasteiger partial charge >= 0.3 is 0 Å². The number of thioether (sulfide) groups is 1. The molecule has 1 aromatic rings. The second-order valence-electron chi connectivity index (χ2n) is 11.2. The van der Waals surface area contributed by atoms with Crippen LogP contribution in [0.4, 0.5) is 5.69 Å². The van der Waals surface area contributed by atoms with Crippen molar-refractivity contribution in [2.75, 3.05) is 65.1 Å². The molecular weight excluding hydrogens is 520 g/mol. The van der Waals surface area contributed by atoms with Gasteiger partial charge in [-0.3, -0.25) is 9.69 Å². The van der Waals surface area contributed by atoms with Crippen LogP contribution in [0.3, 0.4) is 0 Å². The van der Waals surface area contributed by atoms with Crippen LogP contribution >= 0.6 is 11.8 Å². The molecule has 2 saturated heterocycles. The van der Waals surface area contributed by atoms with Crippen molar-refractivity contribution in [1.29, 1.82) is 0 Å². The van der Waals surface area contributed by atoms with Crippen LogP contribution in [-0.4, -0.2) is 98.6 Å². The number of hydrogen-bond donors (Lipinski definition) is 1. The van der Waals surface area contributed by atoms with Gasteiger partial charge in [-0.1, -0.05) is 29.9 Å². The number of hydrogen-bond acceptors (Lipinski definition) is 8. The summed E-state index contributed by atoms with van der Waals surface area (Å²) < 4.78 is 11.8. The molecule has 7 nitrogen and oxygen atoms in total. The normalized spacial score (nSPS) is 20.9. The van der Waals surface area contributed by atoms with E-state index in [0.29, 0.717) is 19.3 Å². The van der Waals surface area contributed by atoms with Gasteiger partial charge in [0.05, 0.1) is 19.3 Å². The van der Waals surface area contributed by atoms with E-state index in [0.717, 1.165) is 43.7 Å². The Hall–Kier alpha value is -2.52. The highest BCUT2D eigenvalue weighted by atomic mass is 32.2. The van der Waals surface area contributed by atoms with Crippen LogP contribution in [0.2, 0.25) is 0 Å². The summed E-state index contributed by atoms with van der Waals surface area (Å²) >= 11 is 1.74. The molecule has 2 aliphatic heterocycles. The first-order valence-electron chi connectivity index (χ1n) is 14.1. The minimum Gasteiger partial charge on any atom is -0.378 e. The molecule has 0 saturated carbocycles. The van der Waals surface area contributed by atoms with Crippen molar-refractivity contribution in [3.8, 4) is 0 Å². The highest BCUT2D eigenvalue weighted by Gasteiger charge is 2.33. The van der Waals surface area contributed by atoms with Gasteiger partial charge in [0, 0.05) is 56.9 Å². The van der Waals surface area contributed by atoms with Gasteiger partial charge in [-0.05, 0) is 76.3 Å². The molecule has 0 aromatic heterocycles. The van der Waals surface area contributed by atoms with Gasteiger partial charge in [-0.25, -0.2) is 0 Å². The third-order valence-electron chi connectivity index (χ3n) is 7.43. The Morgan fingerprint density at radius 2 is 1.75 bits per heavy atom. The summed E-state index contributed by atoms with van der Waals surface area (Å²) in [7, 11) is 4.22. The second kappa shape index (κ2) is 14.9. The molecule has 40 heavy (non-hydrogen) atoms. The fraction of sp³-hybridized carbons (Fsp3) is 0.531. The van der Waals surface area contributed by atoms with Gasteiger partial charge in [-0.2, -0.15) is 0 Å². The van der Waals surface area contributed by atoms with E-state index >= 15 is 0 Å². The van der Waals surface area contributed by atoms with Gasteiger partial charge in [0.15, 0.2) is 5.79 Å². The maximum Gasteiger partial charge on any atom is 0.162 e. The Labute approximate surface area is 245 Å². The zero-order valence-corrected chi connectivity index (χ0v) is 26.4. The van der Waals surface area contributed by atoms with E-state index in [4.69, 9.17) is 9.47 Å². The quantitative estimate of drug-likeness (QED) is 0.165. The molecule has 3 rings (SSSR count). The predicted molar refractivity (Wildman–Crippen MR) is 168 cm³/mol. The average molecular weight is 569 g/mol. The largest absolute Gasteiger partial charge is 0.378 e. The van der Waals surface area contributed by atoms with E-state index in [1.54, 1.807) is 17.8 Å². The standard InChI is InChI=1S/C32H48N4O3S/c1-24(12-11-19-37)20-28(26(3)33-29-13-9-10-14-30(29)40-8)25(2)21-31(34(6)7)36-17-15-35(16-18-36)27-22-38-32(4,5)39-23-27/h9-14,19-21,26-27,33H,15-18,22-23H2,1-8H3/b12-11+,24-20-,28-25-,31-21+/t26-/m1/s1. The molecule has 1 atom stereocenters. The first-order valence-corrected chi connectivity index (χ1v) is 15.3. The van der Waals surface area contributed by atoms with Crippen molar-refractivity contribution in [1.82, 2.24) is 14.7 Å². The molecule has 8 heteroatoms. The summed E-state index contributed by atoms with van der Waals surface area (Å²) in [6, 6.07) is 8.76. The number of ether oxygens (including phenoxy) is 2. The zero-order valence-electron chi connectivity index (χ0n) is 25.6. The van der Waals surface area contributed by atoms with Crippen LogP contribution in [0, 0.1) is 0 Å². The van der Waals surface area contributed by atoms with Crippen LogP contribution in [0.15, 0.2) is 76.0 Å². The Kier molecular flexibility index (Phi) is 11.9. The van der Waals surface area contributed by atoms with E-state index in [1.807, 2.05) is 26.8 Å². The summed E-state index contributed by atoms with van der Waals surface area (Å²) in [5, 5.41) is 3.73. The van der Waals surface area contributed by atoms with Gasteiger partial charge in [-0.15, -0.1) is 11.8 Å². The monoisotopic (exact) mass is 568 g/mol. The fourth-order valence-corrected chi connectivity index (χ4v) is 5.69. The number of para-hydroxylation sites is 1. The third kappa shape index (κ3) is 8.99. The lowest BCUT2D eigenvalue weighted by Crippen LogP contribution is -2.56. The molecule has 220 valence electrons. The van der Waals surface area contributed by atoms with Crippen molar-refractivity contribution >= 4 is 23.7 Å². The molecule has 0 aliphatic carbocycles. The average Bonchev–Trinajstić information content (AvgIpc) is 2.93.